The van der Waals surface area contributed by atoms with Gasteiger partial charge < -0.3 is 5.73 Å². The van der Waals surface area contributed by atoms with E-state index in [9.17, 15) is 18.0 Å². The van der Waals surface area contributed by atoms with Crippen molar-refractivity contribution in [1.29, 1.82) is 0 Å². The molecule has 20 heavy (non-hydrogen) atoms. The number of hydrogen-bond donors (Lipinski definition) is 2. The van der Waals surface area contributed by atoms with E-state index in [0.717, 1.165) is 16.7 Å². The van der Waals surface area contributed by atoms with Crippen LogP contribution in [0.4, 0.5) is 13.2 Å². The number of nitrogens with zero attached hydrogens (tertiary/aromatic N) is 2. The van der Waals surface area contributed by atoms with Gasteiger partial charge in [0.05, 0.1) is 0 Å². The maximum absolute atomic E-state index is 12.5. The van der Waals surface area contributed by atoms with Crippen molar-refractivity contribution in [3.8, 4) is 0 Å². The molecule has 9 heteroatoms. The first kappa shape index (κ1) is 16.3. The van der Waals surface area contributed by atoms with Crippen LogP contribution in [0.5, 0.6) is 0 Å². The van der Waals surface area contributed by atoms with Crippen molar-refractivity contribution >= 4 is 22.8 Å². The number of hydrogen-bond acceptors (Lipinski definition) is 5. The average molecular weight is 306 g/mol. The highest BCUT2D eigenvalue weighted by Gasteiger charge is 2.34. The fourth-order valence-corrected chi connectivity index (χ4v) is 2.31. The molecule has 1 amide bonds. The van der Waals surface area contributed by atoms with E-state index in [2.05, 4.69) is 11.6 Å². The molecule has 1 rings (SSSR count). The fraction of sp³-hybridized carbons (Fsp3) is 0.273. The van der Waals surface area contributed by atoms with Crippen molar-refractivity contribution in [2.45, 2.75) is 6.18 Å². The molecule has 0 saturated carbocycles. The van der Waals surface area contributed by atoms with E-state index in [-0.39, 0.29) is 22.7 Å². The molecule has 0 aliphatic rings. The van der Waals surface area contributed by atoms with Crippen LogP contribution in [0.15, 0.2) is 23.6 Å². The number of carbonyl (C=O) groups is 1. The molecule has 5 nitrogen and oxygen atoms in total. The molecule has 0 saturated heterocycles. The third-order valence-corrected chi connectivity index (χ3v) is 3.13. The lowest BCUT2D eigenvalue weighted by Gasteiger charge is -2.13. The smallest absolute Gasteiger partial charge is 0.366 e. The molecule has 0 bridgehead atoms. The molecule has 0 spiro atoms. The summed E-state index contributed by atoms with van der Waals surface area (Å²) >= 11 is 0.755. The Morgan fingerprint density at radius 1 is 1.60 bits per heavy atom. The van der Waals surface area contributed by atoms with Gasteiger partial charge in [-0.3, -0.25) is 10.6 Å². The van der Waals surface area contributed by atoms with E-state index >= 15 is 0 Å². The van der Waals surface area contributed by atoms with Crippen LogP contribution in [-0.2, 0) is 11.0 Å². The maximum atomic E-state index is 12.5. The van der Waals surface area contributed by atoms with Crippen LogP contribution in [-0.4, -0.2) is 29.5 Å². The lowest BCUT2D eigenvalue weighted by molar-refractivity contribution is -0.140. The molecule has 1 heterocycles. The minimum absolute atomic E-state index is 0.0166. The summed E-state index contributed by atoms with van der Waals surface area (Å²) in [5.41, 5.74) is 4.39. The zero-order valence-electron chi connectivity index (χ0n) is 10.6. The molecule has 0 aromatic carbocycles. The van der Waals surface area contributed by atoms with E-state index in [4.69, 9.17) is 11.6 Å². The van der Waals surface area contributed by atoms with Crippen molar-refractivity contribution in [2.75, 3.05) is 13.6 Å². The van der Waals surface area contributed by atoms with Crippen LogP contribution in [0.3, 0.4) is 0 Å². The zero-order chi connectivity index (χ0) is 15.5. The number of alkyl halides is 3. The SMILES string of the molecule is C=C/C(=C(\CN(C)N)C(N)=O)c1nc(C(F)(F)F)cs1. The molecule has 0 aliphatic carbocycles. The van der Waals surface area contributed by atoms with E-state index in [1.807, 2.05) is 0 Å². The lowest BCUT2D eigenvalue weighted by Crippen LogP contribution is -2.32. The molecule has 0 fully saturated rings. The summed E-state index contributed by atoms with van der Waals surface area (Å²) in [5, 5.41) is 2.06. The van der Waals surface area contributed by atoms with Crippen LogP contribution in [0.2, 0.25) is 0 Å². The molecule has 4 N–H and O–H groups in total. The monoisotopic (exact) mass is 306 g/mol. The van der Waals surface area contributed by atoms with E-state index in [0.29, 0.717) is 0 Å². The second-order valence-corrected chi connectivity index (χ2v) is 4.77. The number of amides is 1. The Hall–Kier alpha value is -1.71. The fourth-order valence-electron chi connectivity index (χ4n) is 1.41. The Morgan fingerprint density at radius 2 is 2.20 bits per heavy atom. The first-order valence-electron chi connectivity index (χ1n) is 5.31. The highest BCUT2D eigenvalue weighted by Crippen LogP contribution is 2.33. The highest BCUT2D eigenvalue weighted by atomic mass is 32.1. The Morgan fingerprint density at radius 3 is 2.55 bits per heavy atom. The van der Waals surface area contributed by atoms with Crippen molar-refractivity contribution in [3.05, 3.63) is 34.3 Å². The van der Waals surface area contributed by atoms with Gasteiger partial charge >= 0.3 is 6.18 Å². The van der Waals surface area contributed by atoms with Gasteiger partial charge in [-0.15, -0.1) is 11.3 Å². The largest absolute Gasteiger partial charge is 0.434 e. The second kappa shape index (κ2) is 6.16. The maximum Gasteiger partial charge on any atom is 0.434 e. The number of likely N-dealkylation sites (N-methyl/N-ethyl adjacent to an activating group) is 1. The minimum atomic E-state index is -4.54. The van der Waals surface area contributed by atoms with E-state index in [1.165, 1.54) is 18.1 Å². The number of primary amides is 1. The molecule has 1 aromatic heterocycles. The van der Waals surface area contributed by atoms with Crippen molar-refractivity contribution in [1.82, 2.24) is 9.99 Å². The normalized spacial score (nSPS) is 13.3. The summed E-state index contributed by atoms with van der Waals surface area (Å²) in [5.74, 6) is 4.65. The lowest BCUT2D eigenvalue weighted by atomic mass is 10.1. The van der Waals surface area contributed by atoms with Gasteiger partial charge in [0.25, 0.3) is 0 Å². The van der Waals surface area contributed by atoms with Gasteiger partial charge in [-0.1, -0.05) is 12.7 Å². The number of aromatic nitrogens is 1. The van der Waals surface area contributed by atoms with Gasteiger partial charge in [0.2, 0.25) is 5.91 Å². The quantitative estimate of drug-likeness (QED) is 0.372. The van der Waals surface area contributed by atoms with Gasteiger partial charge in [-0.2, -0.15) is 13.2 Å². The Labute approximate surface area is 117 Å². The van der Waals surface area contributed by atoms with Gasteiger partial charge in [-0.25, -0.2) is 9.99 Å². The summed E-state index contributed by atoms with van der Waals surface area (Å²) in [6.45, 7) is 3.45. The summed E-state index contributed by atoms with van der Waals surface area (Å²) in [4.78, 5) is 14.9. The molecule has 0 aliphatic heterocycles. The number of nitrogens with two attached hydrogens (primary N) is 2. The first-order valence-corrected chi connectivity index (χ1v) is 6.19. The molecular weight excluding hydrogens is 293 g/mol. The summed E-state index contributed by atoms with van der Waals surface area (Å²) in [7, 11) is 1.49. The number of thiazole rings is 1. The summed E-state index contributed by atoms with van der Waals surface area (Å²) in [6.07, 6.45) is -3.30. The van der Waals surface area contributed by atoms with Crippen molar-refractivity contribution in [3.63, 3.8) is 0 Å². The Kier molecular flexibility index (Phi) is 5.03. The number of carbonyl (C=O) groups excluding carboxylic acids is 1. The van der Waals surface area contributed by atoms with Gasteiger partial charge in [0, 0.05) is 30.1 Å². The predicted octanol–water partition coefficient (Wildman–Crippen LogP) is 1.39. The predicted molar refractivity (Wildman–Crippen MR) is 70.2 cm³/mol. The Balaban J connectivity index is 3.32. The number of hydrazine groups is 1. The van der Waals surface area contributed by atoms with Crippen molar-refractivity contribution in [2.24, 2.45) is 11.6 Å². The summed E-state index contributed by atoms with van der Waals surface area (Å²) in [6, 6.07) is 0. The third-order valence-electron chi connectivity index (χ3n) is 2.26. The molecule has 0 atom stereocenters. The third kappa shape index (κ3) is 3.89. The first-order chi connectivity index (χ1) is 9.16. The molecular formula is C11H13F3N4OS. The molecule has 0 radical (unpaired) electrons. The minimum Gasteiger partial charge on any atom is -0.366 e. The number of halogens is 3. The Bertz CT molecular complexity index is 548. The highest BCUT2D eigenvalue weighted by molar-refractivity contribution is 7.10. The molecule has 1 aromatic rings. The standard InChI is InChI=1S/C11H13F3N4OS/c1-3-6(7(9(15)19)4-18(2)16)10-17-8(5-20-10)11(12,13)14/h3,5H,1,4,16H2,2H3,(H2,15,19)/b7-6-. The topological polar surface area (TPSA) is 85.2 Å². The second-order valence-electron chi connectivity index (χ2n) is 3.91. The molecule has 110 valence electrons. The summed E-state index contributed by atoms with van der Waals surface area (Å²) < 4.78 is 37.6. The van der Waals surface area contributed by atoms with Crippen LogP contribution in [0.25, 0.3) is 5.57 Å². The van der Waals surface area contributed by atoms with Gasteiger partial charge in [-0.05, 0) is 0 Å². The molecule has 0 unspecified atom stereocenters. The van der Waals surface area contributed by atoms with E-state index < -0.39 is 17.8 Å². The zero-order valence-corrected chi connectivity index (χ0v) is 11.4. The number of allylic oxidation sites excluding steroid dienone is 2. The van der Waals surface area contributed by atoms with Crippen LogP contribution < -0.4 is 11.6 Å². The van der Waals surface area contributed by atoms with Gasteiger partial charge in [0.15, 0.2) is 5.69 Å². The van der Waals surface area contributed by atoms with E-state index in [1.54, 1.807) is 0 Å². The van der Waals surface area contributed by atoms with Gasteiger partial charge in [0.1, 0.15) is 5.01 Å². The average Bonchev–Trinajstić information content (AvgIpc) is 2.77. The number of rotatable bonds is 5. The van der Waals surface area contributed by atoms with Crippen LogP contribution in [0, 0.1) is 0 Å². The van der Waals surface area contributed by atoms with Crippen LogP contribution in [0.1, 0.15) is 10.7 Å². The van der Waals surface area contributed by atoms with Crippen molar-refractivity contribution < 1.29 is 18.0 Å². The van der Waals surface area contributed by atoms with Crippen LogP contribution >= 0.6 is 11.3 Å².